The Kier molecular flexibility index (Phi) is 3.50. The zero-order chi connectivity index (χ0) is 11.6. The molecule has 0 unspecified atom stereocenters. The lowest BCUT2D eigenvalue weighted by Gasteiger charge is -2.21. The van der Waals surface area contributed by atoms with E-state index in [4.69, 9.17) is 11.6 Å². The summed E-state index contributed by atoms with van der Waals surface area (Å²) >= 11 is 5.76. The van der Waals surface area contributed by atoms with Gasteiger partial charge < -0.3 is 0 Å². The van der Waals surface area contributed by atoms with E-state index in [9.17, 15) is 8.42 Å². The van der Waals surface area contributed by atoms with Gasteiger partial charge in [0.05, 0.1) is 15.2 Å². The summed E-state index contributed by atoms with van der Waals surface area (Å²) in [4.78, 5) is 4.09. The van der Waals surface area contributed by atoms with E-state index in [-0.39, 0.29) is 10.1 Å². The number of hydrogen-bond donors (Lipinski definition) is 0. The van der Waals surface area contributed by atoms with Crippen molar-refractivity contribution in [1.29, 1.82) is 0 Å². The van der Waals surface area contributed by atoms with Gasteiger partial charge in [0, 0.05) is 12.4 Å². The number of aromatic nitrogens is 1. The molecule has 1 aromatic heterocycles. The molecule has 1 saturated carbocycles. The van der Waals surface area contributed by atoms with Crippen molar-refractivity contribution in [2.24, 2.45) is 0 Å². The first kappa shape index (κ1) is 11.9. The van der Waals surface area contributed by atoms with Crippen LogP contribution in [0.2, 0.25) is 5.02 Å². The van der Waals surface area contributed by atoms with Gasteiger partial charge in [-0.3, -0.25) is 4.98 Å². The lowest BCUT2D eigenvalue weighted by Crippen LogP contribution is -2.24. The van der Waals surface area contributed by atoms with Gasteiger partial charge in [0.1, 0.15) is 0 Å². The van der Waals surface area contributed by atoms with Crippen LogP contribution in [0.4, 0.5) is 0 Å². The fourth-order valence-corrected chi connectivity index (χ4v) is 4.19. The second kappa shape index (κ2) is 4.72. The molecule has 16 heavy (non-hydrogen) atoms. The molecule has 0 aliphatic heterocycles. The van der Waals surface area contributed by atoms with Crippen LogP contribution >= 0.6 is 11.6 Å². The Morgan fingerprint density at radius 3 is 2.50 bits per heavy atom. The lowest BCUT2D eigenvalue weighted by molar-refractivity contribution is 0.483. The van der Waals surface area contributed by atoms with Crippen molar-refractivity contribution in [2.75, 3.05) is 0 Å². The van der Waals surface area contributed by atoms with E-state index in [1.807, 2.05) is 0 Å². The van der Waals surface area contributed by atoms with Gasteiger partial charge in [-0.05, 0) is 18.9 Å². The highest BCUT2D eigenvalue weighted by atomic mass is 35.5. The van der Waals surface area contributed by atoms with E-state index in [0.717, 1.165) is 32.1 Å². The zero-order valence-electron chi connectivity index (χ0n) is 8.89. The van der Waals surface area contributed by atoms with E-state index < -0.39 is 9.84 Å². The van der Waals surface area contributed by atoms with Crippen LogP contribution in [0.1, 0.15) is 32.1 Å². The van der Waals surface area contributed by atoms with Crippen molar-refractivity contribution in [3.8, 4) is 0 Å². The fourth-order valence-electron chi connectivity index (χ4n) is 2.12. The molecule has 0 radical (unpaired) electrons. The monoisotopic (exact) mass is 259 g/mol. The summed E-state index contributed by atoms with van der Waals surface area (Å²) < 4.78 is 24.5. The van der Waals surface area contributed by atoms with Crippen LogP contribution in [0.3, 0.4) is 0 Å². The molecule has 0 amide bonds. The number of sulfone groups is 1. The molecular formula is C11H14ClNO2S. The van der Waals surface area contributed by atoms with Gasteiger partial charge in [-0.25, -0.2) is 8.42 Å². The molecule has 0 spiro atoms. The molecular weight excluding hydrogens is 246 g/mol. The molecule has 3 nitrogen and oxygen atoms in total. The first-order chi connectivity index (χ1) is 7.60. The van der Waals surface area contributed by atoms with Crippen molar-refractivity contribution >= 4 is 21.4 Å². The Morgan fingerprint density at radius 2 is 1.88 bits per heavy atom. The maximum Gasteiger partial charge on any atom is 0.182 e. The number of rotatable bonds is 2. The molecule has 0 aromatic carbocycles. The standard InChI is InChI=1S/C11H14ClNO2S/c12-9-6-11(8-13-7-9)16(14,15)10-4-2-1-3-5-10/h6-8,10H,1-5H2. The minimum Gasteiger partial charge on any atom is -0.262 e. The Labute approximate surface area is 101 Å². The largest absolute Gasteiger partial charge is 0.262 e. The highest BCUT2D eigenvalue weighted by Gasteiger charge is 2.29. The van der Waals surface area contributed by atoms with Crippen molar-refractivity contribution in [3.63, 3.8) is 0 Å². The highest BCUT2D eigenvalue weighted by molar-refractivity contribution is 7.92. The van der Waals surface area contributed by atoms with Gasteiger partial charge in [0.2, 0.25) is 0 Å². The van der Waals surface area contributed by atoms with E-state index in [1.165, 1.54) is 18.5 Å². The van der Waals surface area contributed by atoms with Gasteiger partial charge in [-0.15, -0.1) is 0 Å². The SMILES string of the molecule is O=S(=O)(c1cncc(Cl)c1)C1CCCCC1. The number of halogens is 1. The molecule has 0 saturated heterocycles. The Bertz CT molecular complexity index is 467. The van der Waals surface area contributed by atoms with Crippen LogP contribution in [-0.2, 0) is 9.84 Å². The average molecular weight is 260 g/mol. The Hall–Kier alpha value is -0.610. The van der Waals surface area contributed by atoms with Crippen LogP contribution in [0.15, 0.2) is 23.4 Å². The molecule has 1 aliphatic rings. The molecule has 1 aromatic rings. The van der Waals surface area contributed by atoms with Crippen LogP contribution in [0.5, 0.6) is 0 Å². The highest BCUT2D eigenvalue weighted by Crippen LogP contribution is 2.28. The van der Waals surface area contributed by atoms with E-state index in [2.05, 4.69) is 4.98 Å². The van der Waals surface area contributed by atoms with Crippen LogP contribution in [-0.4, -0.2) is 18.7 Å². The van der Waals surface area contributed by atoms with E-state index in [0.29, 0.717) is 5.02 Å². The first-order valence-corrected chi connectivity index (χ1v) is 7.37. The van der Waals surface area contributed by atoms with Gasteiger partial charge in [0.15, 0.2) is 9.84 Å². The van der Waals surface area contributed by atoms with Crippen LogP contribution in [0.25, 0.3) is 0 Å². The molecule has 5 heteroatoms. The molecule has 0 bridgehead atoms. The molecule has 0 N–H and O–H groups in total. The maximum atomic E-state index is 12.2. The summed E-state index contributed by atoms with van der Waals surface area (Å²) in [6, 6.07) is 1.48. The summed E-state index contributed by atoms with van der Waals surface area (Å²) in [7, 11) is -3.23. The summed E-state index contributed by atoms with van der Waals surface area (Å²) in [5.74, 6) is 0. The van der Waals surface area contributed by atoms with Crippen LogP contribution in [0, 0.1) is 0 Å². The Balaban J connectivity index is 2.30. The number of nitrogens with zero attached hydrogens (tertiary/aromatic N) is 1. The normalized spacial score (nSPS) is 18.6. The predicted molar refractivity (Wildman–Crippen MR) is 63.3 cm³/mol. The van der Waals surface area contributed by atoms with Crippen molar-refractivity contribution in [3.05, 3.63) is 23.5 Å². The summed E-state index contributed by atoms with van der Waals surface area (Å²) in [5, 5.41) is 0.124. The van der Waals surface area contributed by atoms with Gasteiger partial charge in [-0.2, -0.15) is 0 Å². The summed E-state index contributed by atoms with van der Waals surface area (Å²) in [6.45, 7) is 0. The molecule has 88 valence electrons. The van der Waals surface area contributed by atoms with Gasteiger partial charge in [0.25, 0.3) is 0 Å². The quantitative estimate of drug-likeness (QED) is 0.821. The minimum absolute atomic E-state index is 0.249. The number of pyridine rings is 1. The van der Waals surface area contributed by atoms with Crippen molar-refractivity contribution < 1.29 is 8.42 Å². The molecule has 1 fully saturated rings. The zero-order valence-corrected chi connectivity index (χ0v) is 10.5. The van der Waals surface area contributed by atoms with Crippen LogP contribution < -0.4 is 0 Å². The fraction of sp³-hybridized carbons (Fsp3) is 0.545. The van der Waals surface area contributed by atoms with E-state index in [1.54, 1.807) is 0 Å². The molecule has 1 aliphatic carbocycles. The van der Waals surface area contributed by atoms with Gasteiger partial charge in [-0.1, -0.05) is 30.9 Å². The van der Waals surface area contributed by atoms with Gasteiger partial charge >= 0.3 is 0 Å². The topological polar surface area (TPSA) is 47.0 Å². The first-order valence-electron chi connectivity index (χ1n) is 5.45. The number of hydrogen-bond acceptors (Lipinski definition) is 3. The third kappa shape index (κ3) is 2.38. The maximum absolute atomic E-state index is 12.2. The predicted octanol–water partition coefficient (Wildman–Crippen LogP) is 2.84. The molecule has 0 atom stereocenters. The molecule has 1 heterocycles. The second-order valence-corrected chi connectivity index (χ2v) is 6.81. The third-order valence-electron chi connectivity index (χ3n) is 3.00. The average Bonchev–Trinajstić information content (AvgIpc) is 2.30. The van der Waals surface area contributed by atoms with E-state index >= 15 is 0 Å². The third-order valence-corrected chi connectivity index (χ3v) is 5.44. The summed E-state index contributed by atoms with van der Waals surface area (Å²) in [5.41, 5.74) is 0. The van der Waals surface area contributed by atoms with Crippen molar-refractivity contribution in [1.82, 2.24) is 4.98 Å². The minimum atomic E-state index is -3.23. The lowest BCUT2D eigenvalue weighted by atomic mass is 10.0. The summed E-state index contributed by atoms with van der Waals surface area (Å²) in [6.07, 6.45) is 7.48. The second-order valence-electron chi connectivity index (χ2n) is 4.14. The Morgan fingerprint density at radius 1 is 1.19 bits per heavy atom. The van der Waals surface area contributed by atoms with Crippen molar-refractivity contribution in [2.45, 2.75) is 42.2 Å². The molecule has 2 rings (SSSR count). The smallest absolute Gasteiger partial charge is 0.182 e.